The van der Waals surface area contributed by atoms with Gasteiger partial charge in [0, 0.05) is 5.88 Å². The Morgan fingerprint density at radius 1 is 1.20 bits per heavy atom. The molecule has 0 unspecified atom stereocenters. The summed E-state index contributed by atoms with van der Waals surface area (Å²) < 4.78 is 0. The first-order valence-electron chi connectivity index (χ1n) is 4.24. The number of rotatable bonds is 5. The Morgan fingerprint density at radius 3 is 2.00 bits per heavy atom. The van der Waals surface area contributed by atoms with Crippen LogP contribution in [0.4, 0.5) is 0 Å². The molecule has 62 valence electrons. The molecule has 0 saturated heterocycles. The average Bonchev–Trinajstić information content (AvgIpc) is 2.00. The van der Waals surface area contributed by atoms with Crippen molar-refractivity contribution in [3.05, 3.63) is 0 Å². The molecular formula is C9H19Cl. The van der Waals surface area contributed by atoms with Gasteiger partial charge in [0.25, 0.3) is 0 Å². The van der Waals surface area contributed by atoms with Crippen LogP contribution in [0, 0.1) is 5.41 Å². The minimum Gasteiger partial charge on any atom is -0.127 e. The monoisotopic (exact) mass is 162 g/mol. The van der Waals surface area contributed by atoms with Crippen LogP contribution < -0.4 is 0 Å². The molecule has 0 aliphatic rings. The zero-order valence-corrected chi connectivity index (χ0v) is 8.17. The van der Waals surface area contributed by atoms with Gasteiger partial charge in [-0.2, -0.15) is 0 Å². The minimum atomic E-state index is 0.550. The molecule has 0 spiro atoms. The number of halogens is 1. The van der Waals surface area contributed by atoms with Crippen molar-refractivity contribution >= 4 is 11.6 Å². The number of hydrogen-bond acceptors (Lipinski definition) is 0. The van der Waals surface area contributed by atoms with E-state index in [0.717, 1.165) is 5.88 Å². The predicted molar refractivity (Wildman–Crippen MR) is 48.6 cm³/mol. The molecule has 0 atom stereocenters. The van der Waals surface area contributed by atoms with Gasteiger partial charge in [0.1, 0.15) is 0 Å². The van der Waals surface area contributed by atoms with E-state index in [0.29, 0.717) is 5.41 Å². The van der Waals surface area contributed by atoms with Gasteiger partial charge in [0.15, 0.2) is 0 Å². The predicted octanol–water partition coefficient (Wildman–Crippen LogP) is 3.83. The van der Waals surface area contributed by atoms with Crippen molar-refractivity contribution in [3.8, 4) is 0 Å². The van der Waals surface area contributed by atoms with Gasteiger partial charge in [-0.15, -0.1) is 11.6 Å². The largest absolute Gasteiger partial charge is 0.127 e. The van der Waals surface area contributed by atoms with Crippen molar-refractivity contribution in [1.82, 2.24) is 0 Å². The standard InChI is InChI=1S/C9H19Cl/c1-4-9(3,5-2)7-6-8-10/h4-8H2,1-3H3. The SMILES string of the molecule is CCC(C)(CC)CCCCl. The third kappa shape index (κ3) is 3.46. The van der Waals surface area contributed by atoms with Crippen LogP contribution in [0.25, 0.3) is 0 Å². The second-order valence-corrected chi connectivity index (χ2v) is 3.69. The van der Waals surface area contributed by atoms with Crippen LogP contribution in [0.2, 0.25) is 0 Å². The number of hydrogen-bond donors (Lipinski definition) is 0. The summed E-state index contributed by atoms with van der Waals surface area (Å²) in [6.07, 6.45) is 5.00. The molecule has 0 radical (unpaired) electrons. The van der Waals surface area contributed by atoms with Crippen LogP contribution in [0.3, 0.4) is 0 Å². The normalized spacial score (nSPS) is 12.0. The van der Waals surface area contributed by atoms with E-state index in [1.165, 1.54) is 25.7 Å². The molecule has 0 aromatic rings. The van der Waals surface area contributed by atoms with E-state index in [2.05, 4.69) is 20.8 Å². The molecular weight excluding hydrogens is 144 g/mol. The molecule has 0 aliphatic carbocycles. The molecule has 10 heavy (non-hydrogen) atoms. The van der Waals surface area contributed by atoms with Gasteiger partial charge in [-0.05, 0) is 18.3 Å². The maximum Gasteiger partial charge on any atom is 0.0223 e. The third-order valence-electron chi connectivity index (χ3n) is 2.62. The molecule has 0 nitrogen and oxygen atoms in total. The molecule has 0 N–H and O–H groups in total. The van der Waals surface area contributed by atoms with E-state index in [1.807, 2.05) is 0 Å². The van der Waals surface area contributed by atoms with Gasteiger partial charge in [0.05, 0.1) is 0 Å². The van der Waals surface area contributed by atoms with Crippen molar-refractivity contribution in [3.63, 3.8) is 0 Å². The summed E-state index contributed by atoms with van der Waals surface area (Å²) in [5, 5.41) is 0. The highest BCUT2D eigenvalue weighted by atomic mass is 35.5. The van der Waals surface area contributed by atoms with Crippen molar-refractivity contribution < 1.29 is 0 Å². The van der Waals surface area contributed by atoms with Crippen LogP contribution in [0.5, 0.6) is 0 Å². The maximum atomic E-state index is 5.62. The van der Waals surface area contributed by atoms with Crippen LogP contribution in [-0.4, -0.2) is 5.88 Å². The molecule has 1 heteroatoms. The van der Waals surface area contributed by atoms with E-state index in [9.17, 15) is 0 Å². The van der Waals surface area contributed by atoms with Crippen LogP contribution in [0.1, 0.15) is 46.5 Å². The highest BCUT2D eigenvalue weighted by Crippen LogP contribution is 2.30. The van der Waals surface area contributed by atoms with E-state index >= 15 is 0 Å². The molecule has 0 amide bonds. The highest BCUT2D eigenvalue weighted by Gasteiger charge is 2.17. The lowest BCUT2D eigenvalue weighted by Gasteiger charge is -2.25. The fraction of sp³-hybridized carbons (Fsp3) is 1.00. The molecule has 0 heterocycles. The lowest BCUT2D eigenvalue weighted by molar-refractivity contribution is 0.271. The van der Waals surface area contributed by atoms with Crippen molar-refractivity contribution in [2.45, 2.75) is 46.5 Å². The molecule has 0 fully saturated rings. The summed E-state index contributed by atoms with van der Waals surface area (Å²) in [4.78, 5) is 0. The molecule has 0 aliphatic heterocycles. The lowest BCUT2D eigenvalue weighted by atomic mass is 9.81. The van der Waals surface area contributed by atoms with Crippen molar-refractivity contribution in [2.24, 2.45) is 5.41 Å². The Labute approximate surface area is 70.0 Å². The zero-order valence-electron chi connectivity index (χ0n) is 7.41. The molecule has 0 rings (SSSR count). The van der Waals surface area contributed by atoms with E-state index in [-0.39, 0.29) is 0 Å². The van der Waals surface area contributed by atoms with Crippen molar-refractivity contribution in [2.75, 3.05) is 5.88 Å². The van der Waals surface area contributed by atoms with Gasteiger partial charge >= 0.3 is 0 Å². The third-order valence-corrected chi connectivity index (χ3v) is 2.89. The fourth-order valence-corrected chi connectivity index (χ4v) is 1.23. The first-order chi connectivity index (χ1) is 4.68. The molecule has 0 saturated carbocycles. The Hall–Kier alpha value is 0.290. The topological polar surface area (TPSA) is 0 Å². The van der Waals surface area contributed by atoms with Crippen LogP contribution in [0.15, 0.2) is 0 Å². The zero-order chi connectivity index (χ0) is 8.04. The lowest BCUT2D eigenvalue weighted by Crippen LogP contribution is -2.13. The van der Waals surface area contributed by atoms with Gasteiger partial charge in [-0.3, -0.25) is 0 Å². The quantitative estimate of drug-likeness (QED) is 0.539. The number of alkyl halides is 1. The van der Waals surface area contributed by atoms with E-state index in [1.54, 1.807) is 0 Å². The van der Waals surface area contributed by atoms with E-state index in [4.69, 9.17) is 11.6 Å². The first-order valence-corrected chi connectivity index (χ1v) is 4.78. The van der Waals surface area contributed by atoms with Gasteiger partial charge in [0.2, 0.25) is 0 Å². The Morgan fingerprint density at radius 2 is 1.70 bits per heavy atom. The van der Waals surface area contributed by atoms with Crippen LogP contribution >= 0.6 is 11.6 Å². The summed E-state index contributed by atoms with van der Waals surface area (Å²) in [5.74, 6) is 0.815. The maximum absolute atomic E-state index is 5.62. The Balaban J connectivity index is 3.58. The summed E-state index contributed by atoms with van der Waals surface area (Å²) in [7, 11) is 0. The second-order valence-electron chi connectivity index (χ2n) is 3.31. The molecule has 0 aromatic carbocycles. The highest BCUT2D eigenvalue weighted by molar-refractivity contribution is 6.17. The summed E-state index contributed by atoms with van der Waals surface area (Å²) >= 11 is 5.62. The van der Waals surface area contributed by atoms with Crippen molar-refractivity contribution in [1.29, 1.82) is 0 Å². The Kier molecular flexibility index (Phi) is 5.15. The summed E-state index contributed by atoms with van der Waals surface area (Å²) in [6.45, 7) is 6.87. The summed E-state index contributed by atoms with van der Waals surface area (Å²) in [5.41, 5.74) is 0.550. The Bertz CT molecular complexity index is 74.8. The van der Waals surface area contributed by atoms with Gasteiger partial charge in [-0.25, -0.2) is 0 Å². The first kappa shape index (κ1) is 10.3. The smallest absolute Gasteiger partial charge is 0.0223 e. The second kappa shape index (κ2) is 5.01. The fourth-order valence-electron chi connectivity index (χ4n) is 1.10. The van der Waals surface area contributed by atoms with Gasteiger partial charge < -0.3 is 0 Å². The van der Waals surface area contributed by atoms with Crippen LogP contribution in [-0.2, 0) is 0 Å². The minimum absolute atomic E-state index is 0.550. The van der Waals surface area contributed by atoms with E-state index < -0.39 is 0 Å². The average molecular weight is 163 g/mol. The summed E-state index contributed by atoms with van der Waals surface area (Å²) in [6, 6.07) is 0. The van der Waals surface area contributed by atoms with Gasteiger partial charge in [-0.1, -0.05) is 33.6 Å². The molecule has 0 bridgehead atoms. The molecule has 0 aromatic heterocycles.